The summed E-state index contributed by atoms with van der Waals surface area (Å²) in [6.07, 6.45) is 3.31. The molecule has 1 N–H and O–H groups in total. The zero-order valence-corrected chi connectivity index (χ0v) is 13.4. The summed E-state index contributed by atoms with van der Waals surface area (Å²) in [5, 5.41) is 3.37. The average Bonchev–Trinajstić information content (AvgIpc) is 2.37. The maximum absolute atomic E-state index is 11.5. The summed E-state index contributed by atoms with van der Waals surface area (Å²) in [5.41, 5.74) is 1.07. The summed E-state index contributed by atoms with van der Waals surface area (Å²) in [5.74, 6) is 0.382. The number of halogens is 1. The van der Waals surface area contributed by atoms with Crippen LogP contribution in [0.4, 0.5) is 5.69 Å². The molecule has 2 rings (SSSR count). The van der Waals surface area contributed by atoms with E-state index in [2.05, 4.69) is 21.2 Å². The predicted octanol–water partition coefficient (Wildman–Crippen LogP) is 2.53. The molecule has 1 aromatic carbocycles. The van der Waals surface area contributed by atoms with Gasteiger partial charge in [-0.25, -0.2) is 12.7 Å². The van der Waals surface area contributed by atoms with Crippen LogP contribution in [0.1, 0.15) is 12.8 Å². The number of hydrogen-bond acceptors (Lipinski definition) is 3. The van der Waals surface area contributed by atoms with Crippen molar-refractivity contribution in [3.63, 3.8) is 0 Å². The monoisotopic (exact) mass is 346 g/mol. The van der Waals surface area contributed by atoms with Crippen LogP contribution < -0.4 is 5.32 Å². The maximum atomic E-state index is 11.5. The van der Waals surface area contributed by atoms with Gasteiger partial charge in [-0.3, -0.25) is 0 Å². The highest BCUT2D eigenvalue weighted by atomic mass is 79.9. The molecule has 1 atom stereocenters. The Morgan fingerprint density at radius 3 is 2.68 bits per heavy atom. The Labute approximate surface area is 123 Å². The highest BCUT2D eigenvalue weighted by molar-refractivity contribution is 9.10. The highest BCUT2D eigenvalue weighted by Crippen LogP contribution is 2.20. The standard InChI is InChI=1S/C13H19BrN2O2S/c1-19(17,18)16-8-2-3-11(10-16)9-15-13-6-4-12(14)5-7-13/h4-7,11,15H,2-3,8-10H2,1H3. The van der Waals surface area contributed by atoms with E-state index in [0.717, 1.165) is 29.5 Å². The molecule has 0 amide bonds. The van der Waals surface area contributed by atoms with E-state index in [1.807, 2.05) is 24.3 Å². The van der Waals surface area contributed by atoms with E-state index in [0.29, 0.717) is 19.0 Å². The highest BCUT2D eigenvalue weighted by Gasteiger charge is 2.25. The Balaban J connectivity index is 1.87. The van der Waals surface area contributed by atoms with Crippen LogP contribution in [0.15, 0.2) is 28.7 Å². The number of sulfonamides is 1. The summed E-state index contributed by atoms with van der Waals surface area (Å²) in [6, 6.07) is 8.01. The zero-order chi connectivity index (χ0) is 13.9. The first-order valence-corrected chi connectivity index (χ1v) is 9.04. The second kappa shape index (κ2) is 6.24. The molecule has 0 bridgehead atoms. The predicted molar refractivity (Wildman–Crippen MR) is 81.8 cm³/mol. The van der Waals surface area contributed by atoms with Crippen LogP contribution in [0.3, 0.4) is 0 Å². The van der Waals surface area contributed by atoms with Gasteiger partial charge in [0, 0.05) is 29.8 Å². The maximum Gasteiger partial charge on any atom is 0.211 e. The third-order valence-electron chi connectivity index (χ3n) is 3.39. The molecular weight excluding hydrogens is 328 g/mol. The van der Waals surface area contributed by atoms with E-state index in [4.69, 9.17) is 0 Å². The molecule has 1 aliphatic rings. The molecule has 1 aromatic rings. The van der Waals surface area contributed by atoms with Crippen molar-refractivity contribution in [2.45, 2.75) is 12.8 Å². The molecule has 1 saturated heterocycles. The van der Waals surface area contributed by atoms with Crippen LogP contribution >= 0.6 is 15.9 Å². The summed E-state index contributed by atoms with van der Waals surface area (Å²) >= 11 is 3.40. The quantitative estimate of drug-likeness (QED) is 0.911. The molecule has 0 saturated carbocycles. The molecular formula is C13H19BrN2O2S. The fourth-order valence-electron chi connectivity index (χ4n) is 2.32. The number of piperidine rings is 1. The van der Waals surface area contributed by atoms with Crippen LogP contribution in [-0.4, -0.2) is 38.6 Å². The van der Waals surface area contributed by atoms with E-state index < -0.39 is 10.0 Å². The minimum absolute atomic E-state index is 0.382. The van der Waals surface area contributed by atoms with Crippen LogP contribution in [0.25, 0.3) is 0 Å². The summed E-state index contributed by atoms with van der Waals surface area (Å²) < 4.78 is 25.7. The Hall–Kier alpha value is -0.590. The van der Waals surface area contributed by atoms with E-state index >= 15 is 0 Å². The lowest BCUT2D eigenvalue weighted by atomic mass is 9.99. The number of rotatable bonds is 4. The topological polar surface area (TPSA) is 49.4 Å². The van der Waals surface area contributed by atoms with Crippen molar-refractivity contribution in [2.75, 3.05) is 31.2 Å². The lowest BCUT2D eigenvalue weighted by Gasteiger charge is -2.31. The summed E-state index contributed by atoms with van der Waals surface area (Å²) in [7, 11) is -3.05. The van der Waals surface area contributed by atoms with E-state index in [1.165, 1.54) is 6.26 Å². The van der Waals surface area contributed by atoms with E-state index in [1.54, 1.807) is 4.31 Å². The molecule has 0 spiro atoms. The molecule has 4 nitrogen and oxygen atoms in total. The van der Waals surface area contributed by atoms with Gasteiger partial charge in [0.1, 0.15) is 0 Å². The van der Waals surface area contributed by atoms with Gasteiger partial charge in [0.05, 0.1) is 6.26 Å². The lowest BCUT2D eigenvalue weighted by Crippen LogP contribution is -2.41. The largest absolute Gasteiger partial charge is 0.385 e. The first-order chi connectivity index (χ1) is 8.95. The molecule has 1 unspecified atom stereocenters. The van der Waals surface area contributed by atoms with Gasteiger partial charge < -0.3 is 5.32 Å². The minimum Gasteiger partial charge on any atom is -0.385 e. The third-order valence-corrected chi connectivity index (χ3v) is 5.19. The van der Waals surface area contributed by atoms with Crippen molar-refractivity contribution in [1.29, 1.82) is 0 Å². The van der Waals surface area contributed by atoms with Gasteiger partial charge in [0.25, 0.3) is 0 Å². The molecule has 1 heterocycles. The number of nitrogens with one attached hydrogen (secondary N) is 1. The van der Waals surface area contributed by atoms with Crippen molar-refractivity contribution >= 4 is 31.6 Å². The fourth-order valence-corrected chi connectivity index (χ4v) is 3.53. The van der Waals surface area contributed by atoms with Crippen molar-refractivity contribution in [1.82, 2.24) is 4.31 Å². The van der Waals surface area contributed by atoms with Crippen molar-refractivity contribution in [3.8, 4) is 0 Å². The van der Waals surface area contributed by atoms with Crippen LogP contribution in [0.2, 0.25) is 0 Å². The fraction of sp³-hybridized carbons (Fsp3) is 0.538. The van der Waals surface area contributed by atoms with Gasteiger partial charge >= 0.3 is 0 Å². The van der Waals surface area contributed by atoms with Gasteiger partial charge in [-0.15, -0.1) is 0 Å². The first kappa shape index (κ1) is 14.8. The SMILES string of the molecule is CS(=O)(=O)N1CCCC(CNc2ccc(Br)cc2)C1. The molecule has 0 radical (unpaired) electrons. The normalized spacial score (nSPS) is 21.3. The minimum atomic E-state index is -3.05. The molecule has 6 heteroatoms. The molecule has 0 aromatic heterocycles. The Morgan fingerprint density at radius 1 is 1.37 bits per heavy atom. The van der Waals surface area contributed by atoms with Gasteiger partial charge in [0.2, 0.25) is 10.0 Å². The number of anilines is 1. The third kappa shape index (κ3) is 4.47. The number of hydrogen-bond donors (Lipinski definition) is 1. The molecule has 19 heavy (non-hydrogen) atoms. The van der Waals surface area contributed by atoms with Crippen molar-refractivity contribution in [2.24, 2.45) is 5.92 Å². The van der Waals surface area contributed by atoms with Crippen LogP contribution in [0.5, 0.6) is 0 Å². The van der Waals surface area contributed by atoms with Gasteiger partial charge in [-0.1, -0.05) is 15.9 Å². The molecule has 0 aliphatic carbocycles. The zero-order valence-electron chi connectivity index (χ0n) is 11.0. The van der Waals surface area contributed by atoms with E-state index in [9.17, 15) is 8.42 Å². The second-order valence-corrected chi connectivity index (χ2v) is 7.92. The smallest absolute Gasteiger partial charge is 0.211 e. The first-order valence-electron chi connectivity index (χ1n) is 6.40. The van der Waals surface area contributed by atoms with Gasteiger partial charge in [-0.2, -0.15) is 0 Å². The van der Waals surface area contributed by atoms with Crippen molar-refractivity contribution in [3.05, 3.63) is 28.7 Å². The van der Waals surface area contributed by atoms with Crippen LogP contribution in [0, 0.1) is 5.92 Å². The number of nitrogens with zero attached hydrogens (tertiary/aromatic N) is 1. The average molecular weight is 347 g/mol. The lowest BCUT2D eigenvalue weighted by molar-refractivity contribution is 0.277. The van der Waals surface area contributed by atoms with Crippen molar-refractivity contribution < 1.29 is 8.42 Å². The molecule has 106 valence electrons. The molecule has 1 fully saturated rings. The Morgan fingerprint density at radius 2 is 2.05 bits per heavy atom. The van der Waals surface area contributed by atoms with E-state index in [-0.39, 0.29) is 0 Å². The second-order valence-electron chi connectivity index (χ2n) is 5.02. The van der Waals surface area contributed by atoms with Gasteiger partial charge in [0.15, 0.2) is 0 Å². The number of benzene rings is 1. The van der Waals surface area contributed by atoms with Crippen LogP contribution in [-0.2, 0) is 10.0 Å². The van der Waals surface area contributed by atoms with Gasteiger partial charge in [-0.05, 0) is 43.0 Å². The summed E-state index contributed by atoms with van der Waals surface area (Å²) in [6.45, 7) is 2.10. The summed E-state index contributed by atoms with van der Waals surface area (Å²) in [4.78, 5) is 0. The molecule has 1 aliphatic heterocycles. The Kier molecular flexibility index (Phi) is 4.86. The Bertz CT molecular complexity index is 516.